The van der Waals surface area contributed by atoms with Crippen LogP contribution in [0.2, 0.25) is 0 Å². The van der Waals surface area contributed by atoms with E-state index < -0.39 is 6.61 Å². The topological polar surface area (TPSA) is 38.3 Å². The number of Topliss-reactive ketones (excluding diaryl/α,β-unsaturated/α-hetero) is 1. The van der Waals surface area contributed by atoms with Gasteiger partial charge in [-0.3, -0.25) is 4.79 Å². The van der Waals surface area contributed by atoms with E-state index in [4.69, 9.17) is 0 Å². The first-order valence-corrected chi connectivity index (χ1v) is 4.36. The Kier molecular flexibility index (Phi) is 4.17. The predicted octanol–water partition coefficient (Wildman–Crippen LogP) is 1.69. The summed E-state index contributed by atoms with van der Waals surface area (Å²) in [6.07, 6.45) is 0. The van der Waals surface area contributed by atoms with Crippen molar-refractivity contribution in [2.45, 2.75) is 6.61 Å². The number of nitrogens with one attached hydrogen (secondary N) is 1. The zero-order chi connectivity index (χ0) is 11.3. The van der Waals surface area contributed by atoms with Crippen molar-refractivity contribution in [3.05, 3.63) is 29.8 Å². The summed E-state index contributed by atoms with van der Waals surface area (Å²) in [5.41, 5.74) is 0.159. The van der Waals surface area contributed by atoms with E-state index in [1.54, 1.807) is 13.1 Å². The molecule has 0 amide bonds. The number of carbonyl (C=O) groups is 1. The molecule has 15 heavy (non-hydrogen) atoms. The Morgan fingerprint density at radius 2 is 2.13 bits per heavy atom. The van der Waals surface area contributed by atoms with E-state index in [-0.39, 0.29) is 23.6 Å². The maximum absolute atomic E-state index is 12.0. The standard InChI is InChI=1S/C10H11F2NO2/c1-13-6-8(14)7-4-2-3-5-9(7)15-10(11)12/h2-5,10,13H,6H2,1H3. The van der Waals surface area contributed by atoms with Gasteiger partial charge in [0.15, 0.2) is 5.78 Å². The maximum atomic E-state index is 12.0. The Morgan fingerprint density at radius 1 is 1.47 bits per heavy atom. The molecule has 1 N–H and O–H groups in total. The molecule has 0 aliphatic rings. The van der Waals surface area contributed by atoms with Crippen LogP contribution in [-0.2, 0) is 0 Å². The molecule has 3 nitrogen and oxygen atoms in total. The molecule has 0 aliphatic carbocycles. The van der Waals surface area contributed by atoms with Crippen molar-refractivity contribution < 1.29 is 18.3 Å². The first-order chi connectivity index (χ1) is 7.15. The summed E-state index contributed by atoms with van der Waals surface area (Å²) in [4.78, 5) is 11.5. The van der Waals surface area contributed by atoms with Crippen LogP contribution in [0.4, 0.5) is 8.78 Å². The fourth-order valence-electron chi connectivity index (χ4n) is 1.15. The van der Waals surface area contributed by atoms with E-state index in [9.17, 15) is 13.6 Å². The molecule has 0 unspecified atom stereocenters. The van der Waals surface area contributed by atoms with Gasteiger partial charge in [-0.15, -0.1) is 0 Å². The quantitative estimate of drug-likeness (QED) is 0.759. The van der Waals surface area contributed by atoms with Crippen LogP contribution in [0.25, 0.3) is 0 Å². The molecule has 0 aliphatic heterocycles. The lowest BCUT2D eigenvalue weighted by atomic mass is 10.1. The highest BCUT2D eigenvalue weighted by molar-refractivity contribution is 6.00. The minimum absolute atomic E-state index is 0.0869. The second kappa shape index (κ2) is 5.41. The lowest BCUT2D eigenvalue weighted by Gasteiger charge is -2.09. The van der Waals surface area contributed by atoms with Gasteiger partial charge in [-0.1, -0.05) is 12.1 Å². The largest absolute Gasteiger partial charge is 0.434 e. The molecule has 1 rings (SSSR count). The number of rotatable bonds is 5. The maximum Gasteiger partial charge on any atom is 0.387 e. The highest BCUT2D eigenvalue weighted by atomic mass is 19.3. The number of hydrogen-bond acceptors (Lipinski definition) is 3. The van der Waals surface area contributed by atoms with Crippen molar-refractivity contribution in [3.63, 3.8) is 0 Å². The Morgan fingerprint density at radius 3 is 2.73 bits per heavy atom. The van der Waals surface area contributed by atoms with Gasteiger partial charge in [-0.2, -0.15) is 8.78 Å². The van der Waals surface area contributed by atoms with E-state index in [0.29, 0.717) is 0 Å². The number of para-hydroxylation sites is 1. The van der Waals surface area contributed by atoms with Crippen molar-refractivity contribution in [1.29, 1.82) is 0 Å². The Hall–Kier alpha value is -1.49. The molecule has 0 bridgehead atoms. The molecular formula is C10H11F2NO2. The third-order valence-electron chi connectivity index (χ3n) is 1.74. The second-order valence-electron chi connectivity index (χ2n) is 2.83. The third-order valence-corrected chi connectivity index (χ3v) is 1.74. The van der Waals surface area contributed by atoms with Crippen molar-refractivity contribution in [2.24, 2.45) is 0 Å². The lowest BCUT2D eigenvalue weighted by molar-refractivity contribution is -0.0501. The number of halogens is 2. The fraction of sp³-hybridized carbons (Fsp3) is 0.300. The highest BCUT2D eigenvalue weighted by Gasteiger charge is 2.13. The van der Waals surface area contributed by atoms with E-state index in [1.165, 1.54) is 18.2 Å². The number of hydrogen-bond donors (Lipinski definition) is 1. The number of ketones is 1. The highest BCUT2D eigenvalue weighted by Crippen LogP contribution is 2.20. The van der Waals surface area contributed by atoms with Crippen molar-refractivity contribution in [3.8, 4) is 5.75 Å². The number of carbonyl (C=O) groups excluding carboxylic acids is 1. The van der Waals surface area contributed by atoms with E-state index in [0.717, 1.165) is 0 Å². The van der Waals surface area contributed by atoms with Crippen LogP contribution in [0.15, 0.2) is 24.3 Å². The van der Waals surface area contributed by atoms with Gasteiger partial charge in [-0.25, -0.2) is 0 Å². The fourth-order valence-corrected chi connectivity index (χ4v) is 1.15. The second-order valence-corrected chi connectivity index (χ2v) is 2.83. The summed E-state index contributed by atoms with van der Waals surface area (Å²) >= 11 is 0. The molecule has 0 spiro atoms. The summed E-state index contributed by atoms with van der Waals surface area (Å²) in [5, 5.41) is 2.65. The smallest absolute Gasteiger partial charge is 0.387 e. The van der Waals surface area contributed by atoms with E-state index in [2.05, 4.69) is 10.1 Å². The molecule has 0 fully saturated rings. The van der Waals surface area contributed by atoms with E-state index >= 15 is 0 Å². The summed E-state index contributed by atoms with van der Waals surface area (Å²) in [6, 6.07) is 5.93. The van der Waals surface area contributed by atoms with Gasteiger partial charge in [0.1, 0.15) is 5.75 Å². The summed E-state index contributed by atoms with van der Waals surface area (Å²) in [6.45, 7) is -2.84. The molecule has 0 radical (unpaired) electrons. The van der Waals surface area contributed by atoms with Crippen LogP contribution in [0.5, 0.6) is 5.75 Å². The van der Waals surface area contributed by atoms with Crippen molar-refractivity contribution >= 4 is 5.78 Å². The third kappa shape index (κ3) is 3.28. The summed E-state index contributed by atoms with van der Waals surface area (Å²) in [7, 11) is 1.61. The average molecular weight is 215 g/mol. The minimum atomic E-state index is -2.92. The van der Waals surface area contributed by atoms with Crippen LogP contribution in [-0.4, -0.2) is 26.0 Å². The zero-order valence-electron chi connectivity index (χ0n) is 8.17. The minimum Gasteiger partial charge on any atom is -0.434 e. The number of alkyl halides is 2. The number of ether oxygens (including phenoxy) is 1. The van der Waals surface area contributed by atoms with Gasteiger partial charge < -0.3 is 10.1 Å². The first-order valence-electron chi connectivity index (χ1n) is 4.36. The number of likely N-dealkylation sites (N-methyl/N-ethyl adjacent to an activating group) is 1. The zero-order valence-corrected chi connectivity index (χ0v) is 8.17. The van der Waals surface area contributed by atoms with Gasteiger partial charge in [0.25, 0.3) is 0 Å². The molecule has 1 aromatic carbocycles. The predicted molar refractivity (Wildman–Crippen MR) is 51.3 cm³/mol. The molecular weight excluding hydrogens is 204 g/mol. The molecule has 82 valence electrons. The Labute approximate surface area is 86.0 Å². The Balaban J connectivity index is 2.90. The lowest BCUT2D eigenvalue weighted by Crippen LogP contribution is -2.19. The molecule has 0 saturated heterocycles. The van der Waals surface area contributed by atoms with Crippen LogP contribution in [0.3, 0.4) is 0 Å². The normalized spacial score (nSPS) is 10.4. The molecule has 0 heterocycles. The van der Waals surface area contributed by atoms with Gasteiger partial charge in [-0.05, 0) is 19.2 Å². The molecule has 5 heteroatoms. The van der Waals surface area contributed by atoms with E-state index in [1.807, 2.05) is 0 Å². The monoisotopic (exact) mass is 215 g/mol. The first kappa shape index (κ1) is 11.6. The molecule has 0 saturated carbocycles. The van der Waals surface area contributed by atoms with Crippen LogP contribution in [0.1, 0.15) is 10.4 Å². The average Bonchev–Trinajstić information content (AvgIpc) is 2.18. The summed E-state index contributed by atoms with van der Waals surface area (Å²) < 4.78 is 28.2. The van der Waals surface area contributed by atoms with Crippen LogP contribution in [0, 0.1) is 0 Å². The Bertz CT molecular complexity index is 342. The van der Waals surface area contributed by atoms with Gasteiger partial charge >= 0.3 is 6.61 Å². The molecule has 1 aromatic rings. The molecule has 0 atom stereocenters. The van der Waals surface area contributed by atoms with Crippen molar-refractivity contribution in [2.75, 3.05) is 13.6 Å². The number of benzene rings is 1. The summed E-state index contributed by atoms with van der Waals surface area (Å²) in [5.74, 6) is -0.374. The SMILES string of the molecule is CNCC(=O)c1ccccc1OC(F)F. The van der Waals surface area contributed by atoms with Crippen molar-refractivity contribution in [1.82, 2.24) is 5.32 Å². The van der Waals surface area contributed by atoms with Gasteiger partial charge in [0.2, 0.25) is 0 Å². The van der Waals surface area contributed by atoms with Crippen LogP contribution >= 0.6 is 0 Å². The van der Waals surface area contributed by atoms with Gasteiger partial charge in [0, 0.05) is 0 Å². The molecule has 0 aromatic heterocycles. The van der Waals surface area contributed by atoms with Gasteiger partial charge in [0.05, 0.1) is 12.1 Å². The van der Waals surface area contributed by atoms with Crippen LogP contribution < -0.4 is 10.1 Å².